The maximum Gasteiger partial charge on any atom is 0.0654 e. The van der Waals surface area contributed by atoms with Gasteiger partial charge in [-0.2, -0.15) is 0 Å². The number of ether oxygens (including phenoxy) is 2. The van der Waals surface area contributed by atoms with Crippen molar-refractivity contribution in [3.8, 4) is 0 Å². The maximum atomic E-state index is 5.53. The van der Waals surface area contributed by atoms with Crippen LogP contribution < -0.4 is 0 Å². The molecule has 0 aliphatic carbocycles. The molecule has 2 heteroatoms. The van der Waals surface area contributed by atoms with Gasteiger partial charge in [-0.05, 0) is 41.0 Å². The van der Waals surface area contributed by atoms with Crippen LogP contribution >= 0.6 is 0 Å². The Morgan fingerprint density at radius 3 is 2.29 bits per heavy atom. The maximum absolute atomic E-state index is 5.53. The average molecular weight is 200 g/mol. The van der Waals surface area contributed by atoms with E-state index >= 15 is 0 Å². The second-order valence-electron chi connectivity index (χ2n) is 4.60. The molecule has 2 nitrogen and oxygen atoms in total. The third kappa shape index (κ3) is 11.7. The van der Waals surface area contributed by atoms with Gasteiger partial charge in [-0.25, -0.2) is 0 Å². The van der Waals surface area contributed by atoms with Crippen molar-refractivity contribution in [2.75, 3.05) is 13.2 Å². The van der Waals surface area contributed by atoms with Gasteiger partial charge in [0.25, 0.3) is 0 Å². The highest BCUT2D eigenvalue weighted by atomic mass is 16.5. The van der Waals surface area contributed by atoms with Gasteiger partial charge >= 0.3 is 0 Å². The van der Waals surface area contributed by atoms with E-state index in [9.17, 15) is 0 Å². The second-order valence-corrected chi connectivity index (χ2v) is 4.60. The molecule has 14 heavy (non-hydrogen) atoms. The van der Waals surface area contributed by atoms with E-state index in [1.165, 1.54) is 0 Å². The summed E-state index contributed by atoms with van der Waals surface area (Å²) in [6.45, 7) is 11.8. The zero-order valence-corrected chi connectivity index (χ0v) is 10.2. The van der Waals surface area contributed by atoms with E-state index in [4.69, 9.17) is 9.47 Å². The molecule has 0 N–H and O–H groups in total. The Hall–Kier alpha value is -0.340. The van der Waals surface area contributed by atoms with Crippen molar-refractivity contribution in [1.29, 1.82) is 0 Å². The molecular weight excluding hydrogens is 176 g/mol. The topological polar surface area (TPSA) is 18.5 Å². The van der Waals surface area contributed by atoms with E-state index in [1.807, 2.05) is 13.8 Å². The van der Waals surface area contributed by atoms with Crippen LogP contribution in [0.25, 0.3) is 0 Å². The molecule has 0 aromatic carbocycles. The predicted octanol–water partition coefficient (Wildman–Crippen LogP) is 3.17. The highest BCUT2D eigenvalue weighted by Crippen LogP contribution is 2.05. The lowest BCUT2D eigenvalue weighted by Crippen LogP contribution is -2.18. The van der Waals surface area contributed by atoms with Gasteiger partial charge < -0.3 is 9.47 Å². The van der Waals surface area contributed by atoms with E-state index in [1.54, 1.807) is 0 Å². The summed E-state index contributed by atoms with van der Waals surface area (Å²) >= 11 is 0. The number of hydrogen-bond donors (Lipinski definition) is 0. The van der Waals surface area contributed by atoms with Gasteiger partial charge in [-0.3, -0.25) is 0 Å². The highest BCUT2D eigenvalue weighted by Gasteiger charge is 2.07. The summed E-state index contributed by atoms with van der Waals surface area (Å²) in [6.07, 6.45) is 5.45. The van der Waals surface area contributed by atoms with Crippen LogP contribution in [0, 0.1) is 0 Å². The zero-order valence-electron chi connectivity index (χ0n) is 10.2. The highest BCUT2D eigenvalue weighted by molar-refractivity contribution is 4.82. The fourth-order valence-electron chi connectivity index (χ4n) is 0.856. The molecule has 0 aromatic rings. The predicted molar refractivity (Wildman–Crippen MR) is 60.6 cm³/mol. The Bertz CT molecular complexity index is 154. The molecule has 0 amide bonds. The molecule has 84 valence electrons. The van der Waals surface area contributed by atoms with E-state index in [2.05, 4.69) is 32.9 Å². The normalized spacial score (nSPS) is 13.0. The van der Waals surface area contributed by atoms with Crippen LogP contribution in [-0.4, -0.2) is 24.9 Å². The fraction of sp³-hybridized carbons (Fsp3) is 0.833. The van der Waals surface area contributed by atoms with Crippen LogP contribution in [0.2, 0.25) is 0 Å². The third-order valence-corrected chi connectivity index (χ3v) is 1.51. The van der Waals surface area contributed by atoms with Crippen LogP contribution in [-0.2, 0) is 9.47 Å². The molecule has 0 saturated heterocycles. The van der Waals surface area contributed by atoms with Crippen molar-refractivity contribution < 1.29 is 9.47 Å². The largest absolute Gasteiger partial charge is 0.378 e. The van der Waals surface area contributed by atoms with Crippen LogP contribution in [0.4, 0.5) is 0 Å². The summed E-state index contributed by atoms with van der Waals surface area (Å²) in [6, 6.07) is 0. The monoisotopic (exact) mass is 200 g/mol. The standard InChI is InChI=1S/C12H24O2/c1-11(2)13-9-7-6-8-10-14-12(3,4)5/h6,8,11H,7,9-10H2,1-5H3. The van der Waals surface area contributed by atoms with E-state index < -0.39 is 0 Å². The molecule has 0 bridgehead atoms. The van der Waals surface area contributed by atoms with E-state index in [0.717, 1.165) is 13.0 Å². The molecule has 0 saturated carbocycles. The zero-order chi connectivity index (χ0) is 11.0. The first-order valence-corrected chi connectivity index (χ1v) is 5.32. The molecule has 0 aromatic heterocycles. The van der Waals surface area contributed by atoms with Crippen LogP contribution in [0.5, 0.6) is 0 Å². The van der Waals surface area contributed by atoms with Gasteiger partial charge in [0.1, 0.15) is 0 Å². The summed E-state index contributed by atoms with van der Waals surface area (Å²) in [5.41, 5.74) is -0.0429. The third-order valence-electron chi connectivity index (χ3n) is 1.51. The van der Waals surface area contributed by atoms with Gasteiger partial charge in [0.2, 0.25) is 0 Å². The summed E-state index contributed by atoms with van der Waals surface area (Å²) in [5, 5.41) is 0. The molecule has 0 unspecified atom stereocenters. The Labute approximate surface area is 88.3 Å². The quantitative estimate of drug-likeness (QED) is 0.484. The van der Waals surface area contributed by atoms with Crippen molar-refractivity contribution >= 4 is 0 Å². The van der Waals surface area contributed by atoms with Crippen LogP contribution in [0.15, 0.2) is 12.2 Å². The molecule has 0 fully saturated rings. The summed E-state index contributed by atoms with van der Waals surface area (Å²) < 4.78 is 10.9. The lowest BCUT2D eigenvalue weighted by Gasteiger charge is -2.17. The lowest BCUT2D eigenvalue weighted by atomic mass is 10.2. The molecule has 0 aliphatic rings. The van der Waals surface area contributed by atoms with E-state index in [0.29, 0.717) is 12.7 Å². The summed E-state index contributed by atoms with van der Waals surface area (Å²) in [7, 11) is 0. The first kappa shape index (κ1) is 13.7. The number of rotatable bonds is 6. The van der Waals surface area contributed by atoms with Gasteiger partial charge in [0.15, 0.2) is 0 Å². The van der Waals surface area contributed by atoms with Crippen molar-refractivity contribution in [3.05, 3.63) is 12.2 Å². The Morgan fingerprint density at radius 2 is 1.79 bits per heavy atom. The first-order valence-electron chi connectivity index (χ1n) is 5.32. The van der Waals surface area contributed by atoms with Crippen molar-refractivity contribution in [2.24, 2.45) is 0 Å². The molecule has 0 atom stereocenters. The molecule has 0 spiro atoms. The van der Waals surface area contributed by atoms with Crippen molar-refractivity contribution in [2.45, 2.75) is 52.7 Å². The van der Waals surface area contributed by atoms with Gasteiger partial charge in [0, 0.05) is 0 Å². The minimum atomic E-state index is -0.0429. The van der Waals surface area contributed by atoms with Gasteiger partial charge in [0.05, 0.1) is 24.9 Å². The second kappa shape index (κ2) is 7.02. The average Bonchev–Trinajstić information content (AvgIpc) is 2.00. The van der Waals surface area contributed by atoms with Gasteiger partial charge in [-0.15, -0.1) is 0 Å². The molecule has 0 heterocycles. The van der Waals surface area contributed by atoms with Crippen LogP contribution in [0.3, 0.4) is 0 Å². The smallest absolute Gasteiger partial charge is 0.0654 e. The van der Waals surface area contributed by atoms with E-state index in [-0.39, 0.29) is 5.60 Å². The van der Waals surface area contributed by atoms with Gasteiger partial charge in [-0.1, -0.05) is 12.2 Å². The Balaban J connectivity index is 3.29. The fourth-order valence-corrected chi connectivity index (χ4v) is 0.856. The first-order chi connectivity index (χ1) is 6.42. The molecule has 0 radical (unpaired) electrons. The Morgan fingerprint density at radius 1 is 1.14 bits per heavy atom. The molecular formula is C12H24O2. The van der Waals surface area contributed by atoms with Crippen molar-refractivity contribution in [3.63, 3.8) is 0 Å². The lowest BCUT2D eigenvalue weighted by molar-refractivity contribution is 0.0148. The molecule has 0 aliphatic heterocycles. The summed E-state index contributed by atoms with van der Waals surface area (Å²) in [5.74, 6) is 0. The summed E-state index contributed by atoms with van der Waals surface area (Å²) in [4.78, 5) is 0. The minimum absolute atomic E-state index is 0.0429. The molecule has 0 rings (SSSR count). The van der Waals surface area contributed by atoms with Crippen molar-refractivity contribution in [1.82, 2.24) is 0 Å². The van der Waals surface area contributed by atoms with Crippen LogP contribution in [0.1, 0.15) is 41.0 Å². The minimum Gasteiger partial charge on any atom is -0.378 e. The number of hydrogen-bond acceptors (Lipinski definition) is 2. The SMILES string of the molecule is CC(C)OCCC=CCOC(C)(C)C. The Kier molecular flexibility index (Phi) is 6.85.